The number of aliphatic hydroxyl groups excluding tert-OH is 2. The molecule has 0 aromatic heterocycles. The number of hydrogen-bond acceptors (Lipinski definition) is 5. The van der Waals surface area contributed by atoms with Gasteiger partial charge in [-0.3, -0.25) is 0 Å². The molecule has 0 heterocycles. The van der Waals surface area contributed by atoms with E-state index in [9.17, 15) is 24.1 Å². The van der Waals surface area contributed by atoms with Crippen LogP contribution in [-0.2, 0) is 17.3 Å². The Labute approximate surface area is 182 Å². The van der Waals surface area contributed by atoms with E-state index in [2.05, 4.69) is 5.32 Å². The van der Waals surface area contributed by atoms with E-state index in [1.807, 2.05) is 0 Å². The largest absolute Gasteiger partial charge is 0.508 e. The zero-order chi connectivity index (χ0) is 22.5. The lowest BCUT2D eigenvalue weighted by Crippen LogP contribution is -2.22. The highest BCUT2D eigenvalue weighted by Gasteiger charge is 2.30. The summed E-state index contributed by atoms with van der Waals surface area (Å²) in [6, 6.07) is 12.5. The number of phenols is 1. The second-order valence-corrected chi connectivity index (χ2v) is 7.61. The highest BCUT2D eigenvalue weighted by molar-refractivity contribution is 5.36. The Morgan fingerprint density at radius 2 is 1.71 bits per heavy atom. The summed E-state index contributed by atoms with van der Waals surface area (Å²) in [5.41, 5.74) is 1.06. The molecule has 2 aromatic carbocycles. The Bertz CT molecular complexity index is 758. The minimum absolute atomic E-state index is 0.0142. The topological polar surface area (TPSA) is 82.0 Å². The number of nitrogens with one attached hydrogen (secondary N) is 1. The van der Waals surface area contributed by atoms with Gasteiger partial charge in [-0.25, -0.2) is 8.78 Å². The Morgan fingerprint density at radius 1 is 0.968 bits per heavy atom. The van der Waals surface area contributed by atoms with Gasteiger partial charge >= 0.3 is 0 Å². The van der Waals surface area contributed by atoms with Crippen LogP contribution < -0.4 is 5.32 Å². The van der Waals surface area contributed by atoms with Gasteiger partial charge in [0, 0.05) is 30.7 Å². The average molecular weight is 438 g/mol. The maximum absolute atomic E-state index is 14.0. The molecule has 0 aliphatic heterocycles. The number of benzene rings is 2. The van der Waals surface area contributed by atoms with Crippen LogP contribution >= 0.6 is 0 Å². The van der Waals surface area contributed by atoms with Crippen LogP contribution in [0.15, 0.2) is 48.5 Å². The molecule has 2 rings (SSSR count). The number of hydrogen-bond donors (Lipinski definition) is 4. The maximum atomic E-state index is 14.0. The van der Waals surface area contributed by atoms with Crippen molar-refractivity contribution in [2.75, 3.05) is 26.3 Å². The van der Waals surface area contributed by atoms with Gasteiger partial charge in [0.2, 0.25) is 0 Å². The van der Waals surface area contributed by atoms with Crippen molar-refractivity contribution in [3.8, 4) is 5.75 Å². The fourth-order valence-electron chi connectivity index (χ4n) is 3.23. The first-order chi connectivity index (χ1) is 14.9. The highest BCUT2D eigenvalue weighted by atomic mass is 19.3. The van der Waals surface area contributed by atoms with Crippen molar-refractivity contribution in [1.29, 1.82) is 0 Å². The molecule has 1 unspecified atom stereocenters. The van der Waals surface area contributed by atoms with E-state index in [0.29, 0.717) is 24.3 Å². The lowest BCUT2D eigenvalue weighted by molar-refractivity contribution is -0.0388. The molecule has 1 atom stereocenters. The van der Waals surface area contributed by atoms with Gasteiger partial charge in [0.1, 0.15) is 5.75 Å². The van der Waals surface area contributed by atoms with E-state index < -0.39 is 12.0 Å². The summed E-state index contributed by atoms with van der Waals surface area (Å²) in [6.45, 7) is 1.38. The monoisotopic (exact) mass is 437 g/mol. The Morgan fingerprint density at radius 3 is 2.45 bits per heavy atom. The van der Waals surface area contributed by atoms with E-state index in [-0.39, 0.29) is 30.9 Å². The smallest absolute Gasteiger partial charge is 0.275 e. The highest BCUT2D eigenvalue weighted by Crippen LogP contribution is 2.31. The maximum Gasteiger partial charge on any atom is 0.275 e. The second-order valence-electron chi connectivity index (χ2n) is 7.61. The van der Waals surface area contributed by atoms with Crippen LogP contribution in [0, 0.1) is 0 Å². The minimum Gasteiger partial charge on any atom is -0.508 e. The summed E-state index contributed by atoms with van der Waals surface area (Å²) in [7, 11) is 0. The summed E-state index contributed by atoms with van der Waals surface area (Å²) in [4.78, 5) is 0. The lowest BCUT2D eigenvalue weighted by atomic mass is 10.1. The Hall–Kier alpha value is -2.06. The van der Waals surface area contributed by atoms with Crippen molar-refractivity contribution in [2.24, 2.45) is 0 Å². The summed E-state index contributed by atoms with van der Waals surface area (Å²) in [5.74, 6) is -2.85. The van der Waals surface area contributed by atoms with Gasteiger partial charge in [0.05, 0.1) is 19.3 Å². The first-order valence-corrected chi connectivity index (χ1v) is 10.8. The molecule has 2 aromatic rings. The van der Waals surface area contributed by atoms with Crippen molar-refractivity contribution in [3.05, 3.63) is 65.2 Å². The van der Waals surface area contributed by atoms with Gasteiger partial charge in [-0.2, -0.15) is 0 Å². The third-order valence-electron chi connectivity index (χ3n) is 5.15. The third-order valence-corrected chi connectivity index (χ3v) is 5.15. The van der Waals surface area contributed by atoms with E-state index in [4.69, 9.17) is 4.74 Å². The number of rotatable bonds is 15. The molecule has 172 valence electrons. The summed E-state index contributed by atoms with van der Waals surface area (Å²) < 4.78 is 33.4. The van der Waals surface area contributed by atoms with Gasteiger partial charge in [-0.05, 0) is 37.1 Å². The van der Waals surface area contributed by atoms with Crippen molar-refractivity contribution < 1.29 is 28.8 Å². The molecule has 0 saturated heterocycles. The van der Waals surface area contributed by atoms with Crippen LogP contribution in [0.25, 0.3) is 0 Å². The lowest BCUT2D eigenvalue weighted by Gasteiger charge is -2.16. The predicted molar refractivity (Wildman–Crippen MR) is 116 cm³/mol. The van der Waals surface area contributed by atoms with Crippen LogP contribution in [-0.4, -0.2) is 41.6 Å². The van der Waals surface area contributed by atoms with Crippen LogP contribution in [0.4, 0.5) is 8.78 Å². The fraction of sp³-hybridized carbons (Fsp3) is 0.500. The average Bonchev–Trinajstić information content (AvgIpc) is 2.78. The van der Waals surface area contributed by atoms with Crippen LogP contribution in [0.3, 0.4) is 0 Å². The normalized spacial score (nSPS) is 12.8. The molecule has 4 N–H and O–H groups in total. The second kappa shape index (κ2) is 13.4. The number of halogens is 2. The molecular weight excluding hydrogens is 404 g/mol. The third kappa shape index (κ3) is 8.91. The molecule has 0 aliphatic rings. The van der Waals surface area contributed by atoms with E-state index in [1.165, 1.54) is 18.2 Å². The van der Waals surface area contributed by atoms with Crippen LogP contribution in [0.2, 0.25) is 0 Å². The molecule has 31 heavy (non-hydrogen) atoms. The molecule has 0 fully saturated rings. The number of alkyl halides is 2. The number of aliphatic hydroxyl groups is 2. The van der Waals surface area contributed by atoms with E-state index in [1.54, 1.807) is 30.3 Å². The zero-order valence-electron chi connectivity index (χ0n) is 17.8. The molecule has 0 saturated carbocycles. The van der Waals surface area contributed by atoms with Gasteiger partial charge in [-0.1, -0.05) is 49.2 Å². The van der Waals surface area contributed by atoms with Crippen molar-refractivity contribution in [2.45, 2.75) is 50.7 Å². The molecular formula is C24H33F2NO4. The van der Waals surface area contributed by atoms with Crippen LogP contribution in [0.1, 0.15) is 54.9 Å². The van der Waals surface area contributed by atoms with Crippen molar-refractivity contribution in [1.82, 2.24) is 5.32 Å². The molecule has 7 heteroatoms. The summed E-state index contributed by atoms with van der Waals surface area (Å²) >= 11 is 0. The van der Waals surface area contributed by atoms with E-state index >= 15 is 0 Å². The number of unbranched alkanes of at least 4 members (excludes halogenated alkanes) is 3. The molecule has 0 spiro atoms. The Balaban J connectivity index is 1.47. The quantitative estimate of drug-likeness (QED) is 0.313. The first kappa shape index (κ1) is 25.2. The number of aromatic hydroxyl groups is 1. The van der Waals surface area contributed by atoms with Crippen molar-refractivity contribution in [3.63, 3.8) is 0 Å². The molecule has 0 amide bonds. The van der Waals surface area contributed by atoms with Crippen LogP contribution in [0.5, 0.6) is 5.75 Å². The Kier molecular flexibility index (Phi) is 10.9. The molecule has 0 bridgehead atoms. The van der Waals surface area contributed by atoms with Gasteiger partial charge < -0.3 is 25.4 Å². The minimum atomic E-state index is -2.86. The predicted octanol–water partition coefficient (Wildman–Crippen LogP) is 4.27. The SMILES string of the molecule is OCc1cc(C(O)CNCCCCCCOCCC(F)(F)c2ccccc2)ccc1O. The van der Waals surface area contributed by atoms with Gasteiger partial charge in [-0.15, -0.1) is 0 Å². The first-order valence-electron chi connectivity index (χ1n) is 10.8. The molecule has 0 radical (unpaired) electrons. The van der Waals surface area contributed by atoms with Gasteiger partial charge in [0.25, 0.3) is 5.92 Å². The standard InChI is InChI=1S/C24H33F2NO4/c25-24(26,21-8-4-3-5-9-21)12-15-31-14-7-2-1-6-13-27-17-23(30)19-10-11-22(29)20(16-19)18-28/h3-5,8-11,16,23,27-30H,1-2,6-7,12-15,17-18H2. The number of ether oxygens (including phenoxy) is 1. The molecule has 5 nitrogen and oxygen atoms in total. The van der Waals surface area contributed by atoms with Gasteiger partial charge in [0.15, 0.2) is 0 Å². The fourth-order valence-corrected chi connectivity index (χ4v) is 3.23. The molecule has 0 aliphatic carbocycles. The summed E-state index contributed by atoms with van der Waals surface area (Å²) in [6.07, 6.45) is 2.68. The zero-order valence-corrected chi connectivity index (χ0v) is 17.8. The summed E-state index contributed by atoms with van der Waals surface area (Å²) in [5, 5.41) is 32.1. The van der Waals surface area contributed by atoms with E-state index in [0.717, 1.165) is 32.2 Å². The van der Waals surface area contributed by atoms with Crippen molar-refractivity contribution >= 4 is 0 Å².